The molecule has 0 aliphatic carbocycles. The Labute approximate surface area is 99.1 Å². The van der Waals surface area contributed by atoms with E-state index >= 15 is 0 Å². The standard InChI is InChI=1S/C13H13FN2O/c1-8-3-5-10(14)7-12(8)17-13-11(15)6-4-9(2)16-13/h3-7H,15H2,1-2H3. The van der Waals surface area contributed by atoms with Crippen LogP contribution in [0.2, 0.25) is 0 Å². The zero-order chi connectivity index (χ0) is 12.4. The van der Waals surface area contributed by atoms with Gasteiger partial charge in [-0.05, 0) is 37.6 Å². The first kappa shape index (κ1) is 11.4. The van der Waals surface area contributed by atoms with Crippen molar-refractivity contribution in [1.82, 2.24) is 4.98 Å². The molecular weight excluding hydrogens is 219 g/mol. The van der Waals surface area contributed by atoms with Gasteiger partial charge in [-0.1, -0.05) is 6.07 Å². The maximum absolute atomic E-state index is 13.1. The largest absolute Gasteiger partial charge is 0.437 e. The molecule has 0 saturated carbocycles. The first-order valence-electron chi connectivity index (χ1n) is 5.23. The van der Waals surface area contributed by atoms with Crippen molar-refractivity contribution in [3.63, 3.8) is 0 Å². The lowest BCUT2D eigenvalue weighted by Crippen LogP contribution is -1.97. The molecular formula is C13H13FN2O. The summed E-state index contributed by atoms with van der Waals surface area (Å²) in [4.78, 5) is 4.17. The van der Waals surface area contributed by atoms with E-state index in [4.69, 9.17) is 10.5 Å². The van der Waals surface area contributed by atoms with E-state index in [-0.39, 0.29) is 5.82 Å². The fraction of sp³-hybridized carbons (Fsp3) is 0.154. The Morgan fingerprint density at radius 1 is 1.18 bits per heavy atom. The molecule has 3 nitrogen and oxygen atoms in total. The molecule has 0 aliphatic rings. The first-order chi connectivity index (χ1) is 8.06. The lowest BCUT2D eigenvalue weighted by atomic mass is 10.2. The zero-order valence-corrected chi connectivity index (χ0v) is 9.70. The molecule has 2 rings (SSSR count). The first-order valence-corrected chi connectivity index (χ1v) is 5.23. The number of anilines is 1. The number of nitrogens with zero attached hydrogens (tertiary/aromatic N) is 1. The molecule has 0 spiro atoms. The van der Waals surface area contributed by atoms with Gasteiger partial charge in [-0.3, -0.25) is 0 Å². The van der Waals surface area contributed by atoms with Gasteiger partial charge in [0, 0.05) is 11.8 Å². The van der Waals surface area contributed by atoms with E-state index in [1.807, 2.05) is 13.8 Å². The van der Waals surface area contributed by atoms with Crippen LogP contribution in [0, 0.1) is 19.7 Å². The second kappa shape index (κ2) is 4.41. The minimum atomic E-state index is -0.350. The van der Waals surface area contributed by atoms with Crippen molar-refractivity contribution in [3.05, 3.63) is 47.4 Å². The molecule has 0 aliphatic heterocycles. The molecule has 2 aromatic rings. The van der Waals surface area contributed by atoms with Crippen molar-refractivity contribution < 1.29 is 9.13 Å². The number of nitrogen functional groups attached to an aromatic ring is 1. The molecule has 0 unspecified atom stereocenters. The van der Waals surface area contributed by atoms with Gasteiger partial charge in [0.25, 0.3) is 0 Å². The molecule has 0 saturated heterocycles. The Balaban J connectivity index is 2.37. The van der Waals surface area contributed by atoms with Crippen LogP contribution in [0.4, 0.5) is 10.1 Å². The minimum absolute atomic E-state index is 0.304. The third kappa shape index (κ3) is 2.53. The monoisotopic (exact) mass is 232 g/mol. The summed E-state index contributed by atoms with van der Waals surface area (Å²) < 4.78 is 18.6. The van der Waals surface area contributed by atoms with Crippen LogP contribution in [-0.2, 0) is 0 Å². The SMILES string of the molecule is Cc1ccc(N)c(Oc2cc(F)ccc2C)n1. The highest BCUT2D eigenvalue weighted by molar-refractivity contribution is 5.50. The highest BCUT2D eigenvalue weighted by Gasteiger charge is 2.07. The van der Waals surface area contributed by atoms with Crippen molar-refractivity contribution in [2.45, 2.75) is 13.8 Å². The van der Waals surface area contributed by atoms with Crippen LogP contribution in [0.5, 0.6) is 11.6 Å². The zero-order valence-electron chi connectivity index (χ0n) is 9.70. The van der Waals surface area contributed by atoms with Gasteiger partial charge < -0.3 is 10.5 Å². The van der Waals surface area contributed by atoms with Gasteiger partial charge in [0.15, 0.2) is 0 Å². The molecule has 0 radical (unpaired) electrons. The number of benzene rings is 1. The van der Waals surface area contributed by atoms with Crippen LogP contribution >= 0.6 is 0 Å². The molecule has 1 aromatic carbocycles. The molecule has 88 valence electrons. The average Bonchev–Trinajstić information content (AvgIpc) is 2.28. The van der Waals surface area contributed by atoms with Crippen molar-refractivity contribution in [2.75, 3.05) is 5.73 Å². The summed E-state index contributed by atoms with van der Waals surface area (Å²) >= 11 is 0. The second-order valence-corrected chi connectivity index (χ2v) is 3.86. The predicted octanol–water partition coefficient (Wildman–Crippen LogP) is 3.21. The van der Waals surface area contributed by atoms with Gasteiger partial charge in [0.05, 0.1) is 5.69 Å². The second-order valence-electron chi connectivity index (χ2n) is 3.86. The highest BCUT2D eigenvalue weighted by Crippen LogP contribution is 2.28. The number of nitrogens with two attached hydrogens (primary N) is 1. The molecule has 2 N–H and O–H groups in total. The number of hydrogen-bond donors (Lipinski definition) is 1. The summed E-state index contributed by atoms with van der Waals surface area (Å²) in [6, 6.07) is 7.86. The van der Waals surface area contributed by atoms with E-state index in [0.717, 1.165) is 11.3 Å². The van der Waals surface area contributed by atoms with Gasteiger partial charge in [0.1, 0.15) is 11.6 Å². The van der Waals surface area contributed by atoms with E-state index in [1.54, 1.807) is 18.2 Å². The molecule has 17 heavy (non-hydrogen) atoms. The summed E-state index contributed by atoms with van der Waals surface area (Å²) in [5, 5.41) is 0. The van der Waals surface area contributed by atoms with Crippen molar-refractivity contribution in [3.8, 4) is 11.6 Å². The number of aromatic nitrogens is 1. The normalized spacial score (nSPS) is 10.3. The number of ether oxygens (including phenoxy) is 1. The fourth-order valence-corrected chi connectivity index (χ4v) is 1.41. The molecule has 0 fully saturated rings. The van der Waals surface area contributed by atoms with Crippen LogP contribution < -0.4 is 10.5 Å². The van der Waals surface area contributed by atoms with Crippen LogP contribution in [0.3, 0.4) is 0 Å². The fourth-order valence-electron chi connectivity index (χ4n) is 1.41. The number of aryl methyl sites for hydroxylation is 2. The van der Waals surface area contributed by atoms with Crippen LogP contribution in [-0.4, -0.2) is 4.98 Å². The lowest BCUT2D eigenvalue weighted by Gasteiger charge is -2.10. The van der Waals surface area contributed by atoms with Gasteiger partial charge in [0.2, 0.25) is 5.88 Å². The van der Waals surface area contributed by atoms with Crippen molar-refractivity contribution in [2.24, 2.45) is 0 Å². The maximum Gasteiger partial charge on any atom is 0.242 e. The van der Waals surface area contributed by atoms with Gasteiger partial charge in [-0.25, -0.2) is 9.37 Å². The number of halogens is 1. The summed E-state index contributed by atoms with van der Waals surface area (Å²) in [7, 11) is 0. The Morgan fingerprint density at radius 2 is 1.94 bits per heavy atom. The summed E-state index contributed by atoms with van der Waals surface area (Å²) in [5.74, 6) is 0.380. The predicted molar refractivity (Wildman–Crippen MR) is 64.6 cm³/mol. The van der Waals surface area contributed by atoms with E-state index in [0.29, 0.717) is 17.3 Å². The summed E-state index contributed by atoms with van der Waals surface area (Å²) in [6.45, 7) is 3.67. The van der Waals surface area contributed by atoms with E-state index in [1.165, 1.54) is 12.1 Å². The molecule has 1 aromatic heterocycles. The third-order valence-corrected chi connectivity index (χ3v) is 2.39. The number of pyridine rings is 1. The van der Waals surface area contributed by atoms with E-state index < -0.39 is 0 Å². The van der Waals surface area contributed by atoms with Crippen molar-refractivity contribution in [1.29, 1.82) is 0 Å². The van der Waals surface area contributed by atoms with Crippen LogP contribution in [0.15, 0.2) is 30.3 Å². The molecule has 0 amide bonds. The van der Waals surface area contributed by atoms with Crippen LogP contribution in [0.25, 0.3) is 0 Å². The topological polar surface area (TPSA) is 48.1 Å². The average molecular weight is 232 g/mol. The smallest absolute Gasteiger partial charge is 0.242 e. The number of hydrogen-bond acceptors (Lipinski definition) is 3. The Hall–Kier alpha value is -2.10. The molecule has 1 heterocycles. The Kier molecular flexibility index (Phi) is 2.95. The van der Waals surface area contributed by atoms with Crippen molar-refractivity contribution >= 4 is 5.69 Å². The minimum Gasteiger partial charge on any atom is -0.437 e. The highest BCUT2D eigenvalue weighted by atomic mass is 19.1. The van der Waals surface area contributed by atoms with Gasteiger partial charge in [-0.2, -0.15) is 0 Å². The van der Waals surface area contributed by atoms with E-state index in [9.17, 15) is 4.39 Å². The Bertz CT molecular complexity index is 506. The maximum atomic E-state index is 13.1. The molecule has 0 atom stereocenters. The Morgan fingerprint density at radius 3 is 2.71 bits per heavy atom. The van der Waals surface area contributed by atoms with E-state index in [2.05, 4.69) is 4.98 Å². The molecule has 4 heteroatoms. The quantitative estimate of drug-likeness (QED) is 0.864. The van der Waals surface area contributed by atoms with Gasteiger partial charge in [-0.15, -0.1) is 0 Å². The van der Waals surface area contributed by atoms with Gasteiger partial charge >= 0.3 is 0 Å². The molecule has 0 bridgehead atoms. The summed E-state index contributed by atoms with van der Waals surface area (Å²) in [5.41, 5.74) is 7.80. The lowest BCUT2D eigenvalue weighted by molar-refractivity contribution is 0.456. The third-order valence-electron chi connectivity index (χ3n) is 2.39. The van der Waals surface area contributed by atoms with Crippen LogP contribution in [0.1, 0.15) is 11.3 Å². The summed E-state index contributed by atoms with van der Waals surface area (Å²) in [6.07, 6.45) is 0. The number of rotatable bonds is 2.